The number of aromatic nitrogens is 1. The molecule has 20 heavy (non-hydrogen) atoms. The Hall–Kier alpha value is -1.81. The summed E-state index contributed by atoms with van der Waals surface area (Å²) in [5.41, 5.74) is 2.49. The molecule has 1 heterocycles. The quantitative estimate of drug-likeness (QED) is 0.821. The lowest BCUT2D eigenvalue weighted by atomic mass is 10.1. The highest BCUT2D eigenvalue weighted by atomic mass is 16.5. The van der Waals surface area contributed by atoms with E-state index in [4.69, 9.17) is 0 Å². The van der Waals surface area contributed by atoms with Gasteiger partial charge in [-0.3, -0.25) is 4.79 Å². The van der Waals surface area contributed by atoms with Gasteiger partial charge in [0.15, 0.2) is 0 Å². The molecule has 0 saturated heterocycles. The van der Waals surface area contributed by atoms with Crippen molar-refractivity contribution < 1.29 is 9.53 Å². The summed E-state index contributed by atoms with van der Waals surface area (Å²) in [4.78, 5) is 11.2. The van der Waals surface area contributed by atoms with E-state index in [2.05, 4.69) is 38.9 Å². The Bertz CT molecular complexity index is 614. The number of nitrogens with zero attached hydrogens (tertiary/aromatic N) is 1. The number of hydrogen-bond acceptors (Lipinski definition) is 3. The van der Waals surface area contributed by atoms with Crippen molar-refractivity contribution in [3.63, 3.8) is 0 Å². The molecule has 4 nitrogen and oxygen atoms in total. The molecule has 4 heteroatoms. The minimum atomic E-state index is -0.169. The van der Waals surface area contributed by atoms with Gasteiger partial charge in [-0.15, -0.1) is 0 Å². The Kier molecular flexibility index (Phi) is 3.74. The normalized spacial score (nSPS) is 14.7. The van der Waals surface area contributed by atoms with Crippen LogP contribution in [0.5, 0.6) is 0 Å². The van der Waals surface area contributed by atoms with Crippen molar-refractivity contribution in [2.45, 2.75) is 38.4 Å². The molecule has 1 saturated carbocycles. The van der Waals surface area contributed by atoms with E-state index in [9.17, 15) is 4.79 Å². The SMILES string of the molecule is COC(=O)CCn1ccc2cc(CNC3CC3)ccc21. The van der Waals surface area contributed by atoms with Gasteiger partial charge in [0.2, 0.25) is 0 Å². The molecule has 106 valence electrons. The molecule has 0 atom stereocenters. The van der Waals surface area contributed by atoms with E-state index in [1.807, 2.05) is 6.20 Å². The number of nitrogens with one attached hydrogen (secondary N) is 1. The fraction of sp³-hybridized carbons (Fsp3) is 0.438. The van der Waals surface area contributed by atoms with E-state index < -0.39 is 0 Å². The summed E-state index contributed by atoms with van der Waals surface area (Å²) in [6, 6.07) is 9.35. The topological polar surface area (TPSA) is 43.3 Å². The summed E-state index contributed by atoms with van der Waals surface area (Å²) < 4.78 is 6.78. The van der Waals surface area contributed by atoms with Gasteiger partial charge in [0, 0.05) is 30.8 Å². The molecule has 0 amide bonds. The number of esters is 1. The molecule has 0 unspecified atom stereocenters. The number of ether oxygens (including phenoxy) is 1. The van der Waals surface area contributed by atoms with Crippen LogP contribution < -0.4 is 5.32 Å². The predicted octanol–water partition coefficient (Wildman–Crippen LogP) is 2.46. The maximum atomic E-state index is 11.2. The van der Waals surface area contributed by atoms with Crippen LogP contribution in [0.25, 0.3) is 10.9 Å². The Morgan fingerprint density at radius 1 is 1.40 bits per heavy atom. The molecule has 1 aliphatic carbocycles. The first-order chi connectivity index (χ1) is 9.76. The second kappa shape index (κ2) is 5.67. The van der Waals surface area contributed by atoms with Crippen LogP contribution >= 0.6 is 0 Å². The van der Waals surface area contributed by atoms with Gasteiger partial charge in [-0.25, -0.2) is 0 Å². The van der Waals surface area contributed by atoms with Crippen LogP contribution in [-0.2, 0) is 22.6 Å². The van der Waals surface area contributed by atoms with E-state index in [1.54, 1.807) is 0 Å². The van der Waals surface area contributed by atoms with Crippen LogP contribution in [0.15, 0.2) is 30.5 Å². The summed E-state index contributed by atoms with van der Waals surface area (Å²) in [7, 11) is 1.43. The van der Waals surface area contributed by atoms with Crippen LogP contribution in [0.2, 0.25) is 0 Å². The van der Waals surface area contributed by atoms with Gasteiger partial charge < -0.3 is 14.6 Å². The van der Waals surface area contributed by atoms with Gasteiger partial charge in [0.25, 0.3) is 0 Å². The van der Waals surface area contributed by atoms with E-state index in [-0.39, 0.29) is 5.97 Å². The van der Waals surface area contributed by atoms with Gasteiger partial charge in [-0.2, -0.15) is 0 Å². The van der Waals surface area contributed by atoms with Crippen LogP contribution in [0.3, 0.4) is 0 Å². The molecule has 1 aliphatic rings. The molecule has 0 radical (unpaired) electrons. The average Bonchev–Trinajstić information content (AvgIpc) is 3.22. The number of carbonyl (C=O) groups is 1. The monoisotopic (exact) mass is 272 g/mol. The zero-order valence-corrected chi connectivity index (χ0v) is 11.8. The van der Waals surface area contributed by atoms with E-state index >= 15 is 0 Å². The molecule has 3 rings (SSSR count). The molecule has 2 aromatic rings. The smallest absolute Gasteiger partial charge is 0.307 e. The zero-order chi connectivity index (χ0) is 13.9. The number of carbonyl (C=O) groups excluding carboxylic acids is 1. The van der Waals surface area contributed by atoms with Crippen LogP contribution in [0, 0.1) is 0 Å². The molecular formula is C16H20N2O2. The van der Waals surface area contributed by atoms with E-state index in [0.29, 0.717) is 13.0 Å². The van der Waals surface area contributed by atoms with Gasteiger partial charge >= 0.3 is 5.97 Å². The number of hydrogen-bond donors (Lipinski definition) is 1. The summed E-state index contributed by atoms with van der Waals surface area (Å²) in [6.07, 6.45) is 5.06. The predicted molar refractivity (Wildman–Crippen MR) is 78.4 cm³/mol. The first kappa shape index (κ1) is 13.2. The van der Waals surface area contributed by atoms with E-state index in [0.717, 1.165) is 12.6 Å². The van der Waals surface area contributed by atoms with Gasteiger partial charge in [-0.05, 0) is 42.0 Å². The minimum Gasteiger partial charge on any atom is -0.469 e. The molecule has 0 spiro atoms. The third kappa shape index (κ3) is 3.02. The third-order valence-corrected chi connectivity index (χ3v) is 3.79. The molecule has 1 aromatic heterocycles. The number of rotatable bonds is 6. The summed E-state index contributed by atoms with van der Waals surface area (Å²) in [5, 5.41) is 4.75. The van der Waals surface area contributed by atoms with Crippen molar-refractivity contribution in [2.24, 2.45) is 0 Å². The van der Waals surface area contributed by atoms with Crippen molar-refractivity contribution in [3.05, 3.63) is 36.0 Å². The van der Waals surface area contributed by atoms with Crippen molar-refractivity contribution >= 4 is 16.9 Å². The van der Waals surface area contributed by atoms with Crippen LogP contribution in [0.4, 0.5) is 0 Å². The molecule has 1 fully saturated rings. The Balaban J connectivity index is 1.70. The Morgan fingerprint density at radius 2 is 2.25 bits per heavy atom. The number of aryl methyl sites for hydroxylation is 1. The lowest BCUT2D eigenvalue weighted by molar-refractivity contribution is -0.140. The molecular weight excluding hydrogens is 252 g/mol. The van der Waals surface area contributed by atoms with Crippen molar-refractivity contribution in [1.82, 2.24) is 9.88 Å². The maximum Gasteiger partial charge on any atom is 0.307 e. The minimum absolute atomic E-state index is 0.169. The summed E-state index contributed by atoms with van der Waals surface area (Å²) in [6.45, 7) is 1.60. The third-order valence-electron chi connectivity index (χ3n) is 3.79. The van der Waals surface area contributed by atoms with Crippen molar-refractivity contribution in [1.29, 1.82) is 0 Å². The Morgan fingerprint density at radius 3 is 3.00 bits per heavy atom. The van der Waals surface area contributed by atoms with Gasteiger partial charge in [0.05, 0.1) is 13.5 Å². The molecule has 0 bridgehead atoms. The summed E-state index contributed by atoms with van der Waals surface area (Å²) in [5.74, 6) is -0.169. The number of benzene rings is 1. The molecule has 1 aromatic carbocycles. The average molecular weight is 272 g/mol. The van der Waals surface area contributed by atoms with Crippen molar-refractivity contribution in [2.75, 3.05) is 7.11 Å². The highest BCUT2D eigenvalue weighted by Gasteiger charge is 2.19. The molecule has 1 N–H and O–H groups in total. The maximum absolute atomic E-state index is 11.2. The van der Waals surface area contributed by atoms with Crippen LogP contribution in [0.1, 0.15) is 24.8 Å². The number of fused-ring (bicyclic) bond motifs is 1. The lowest BCUT2D eigenvalue weighted by Gasteiger charge is -2.06. The first-order valence-corrected chi connectivity index (χ1v) is 7.14. The standard InChI is InChI=1S/C16H20N2O2/c1-20-16(19)7-9-18-8-6-13-10-12(2-5-15(13)18)11-17-14-3-4-14/h2,5-6,8,10,14,17H,3-4,7,9,11H2,1H3. The van der Waals surface area contributed by atoms with Crippen LogP contribution in [-0.4, -0.2) is 23.7 Å². The fourth-order valence-corrected chi connectivity index (χ4v) is 2.42. The lowest BCUT2D eigenvalue weighted by Crippen LogP contribution is -2.15. The Labute approximate surface area is 118 Å². The largest absolute Gasteiger partial charge is 0.469 e. The highest BCUT2D eigenvalue weighted by molar-refractivity contribution is 5.81. The number of methoxy groups -OCH3 is 1. The summed E-state index contributed by atoms with van der Waals surface area (Å²) >= 11 is 0. The highest BCUT2D eigenvalue weighted by Crippen LogP contribution is 2.21. The second-order valence-corrected chi connectivity index (χ2v) is 5.38. The van der Waals surface area contributed by atoms with Gasteiger partial charge in [0.1, 0.15) is 0 Å². The van der Waals surface area contributed by atoms with Crippen molar-refractivity contribution in [3.8, 4) is 0 Å². The first-order valence-electron chi connectivity index (χ1n) is 7.14. The molecule has 0 aliphatic heterocycles. The zero-order valence-electron chi connectivity index (χ0n) is 11.8. The fourth-order valence-electron chi connectivity index (χ4n) is 2.42. The van der Waals surface area contributed by atoms with E-state index in [1.165, 1.54) is 36.4 Å². The second-order valence-electron chi connectivity index (χ2n) is 5.38. The van der Waals surface area contributed by atoms with Gasteiger partial charge in [-0.1, -0.05) is 6.07 Å².